The van der Waals surface area contributed by atoms with Gasteiger partial charge in [0.2, 0.25) is 0 Å². The molecule has 6 rings (SSSR count). The molecule has 0 aliphatic rings. The Labute approximate surface area is 253 Å². The minimum atomic E-state index is -4.55. The van der Waals surface area contributed by atoms with Gasteiger partial charge in [0.25, 0.3) is 5.56 Å². The van der Waals surface area contributed by atoms with Crippen LogP contribution < -0.4 is 17.0 Å². The third-order valence-corrected chi connectivity index (χ3v) is 8.17. The summed E-state index contributed by atoms with van der Waals surface area (Å²) in [5.74, 6) is -1.70. The number of hydrogen-bond acceptors (Lipinski definition) is 7. The highest BCUT2D eigenvalue weighted by Crippen LogP contribution is 2.31. The van der Waals surface area contributed by atoms with Gasteiger partial charge in [0.05, 0.1) is 24.9 Å². The maximum atomic E-state index is 13.7. The fourth-order valence-corrected chi connectivity index (χ4v) is 6.11. The summed E-state index contributed by atoms with van der Waals surface area (Å²) in [5.41, 5.74) is 0.906. The number of nitrogens with zero attached hydrogens (tertiary/aromatic N) is 3. The minimum Gasteiger partial charge on any atom is -0.296 e. The first-order valence-corrected chi connectivity index (χ1v) is 14.1. The van der Waals surface area contributed by atoms with Gasteiger partial charge in [0.1, 0.15) is 10.6 Å². The lowest BCUT2D eigenvalue weighted by atomic mass is 9.98. The zero-order valence-electron chi connectivity index (χ0n) is 22.9. The van der Waals surface area contributed by atoms with E-state index in [0.29, 0.717) is 27.0 Å². The minimum absolute atomic E-state index is 0.0409. The van der Waals surface area contributed by atoms with Gasteiger partial charge in [-0.1, -0.05) is 53.7 Å². The van der Waals surface area contributed by atoms with E-state index in [0.717, 1.165) is 29.3 Å². The van der Waals surface area contributed by atoms with E-state index in [1.165, 1.54) is 16.7 Å². The van der Waals surface area contributed by atoms with Crippen LogP contribution in [0.3, 0.4) is 0 Å². The molecule has 0 unspecified atom stereocenters. The van der Waals surface area contributed by atoms with Crippen LogP contribution in [-0.4, -0.2) is 31.2 Å². The van der Waals surface area contributed by atoms with Crippen LogP contribution in [0.25, 0.3) is 32.7 Å². The molecule has 45 heavy (non-hydrogen) atoms. The summed E-state index contributed by atoms with van der Waals surface area (Å²) in [6.45, 7) is -0.811. The van der Waals surface area contributed by atoms with E-state index in [1.807, 2.05) is 6.07 Å². The number of carbonyl (C=O) groups is 1. The fourth-order valence-electron chi connectivity index (χ4n) is 4.94. The van der Waals surface area contributed by atoms with E-state index >= 15 is 0 Å². The molecule has 228 valence electrons. The Morgan fingerprint density at radius 1 is 0.911 bits per heavy atom. The third-order valence-electron chi connectivity index (χ3n) is 7.02. The Morgan fingerprint density at radius 2 is 1.60 bits per heavy atom. The van der Waals surface area contributed by atoms with Crippen molar-refractivity contribution in [2.24, 2.45) is 0 Å². The molecule has 0 aliphatic carbocycles. The highest BCUT2D eigenvalue weighted by molar-refractivity contribution is 7.18. The van der Waals surface area contributed by atoms with Gasteiger partial charge in [-0.05, 0) is 47.0 Å². The van der Waals surface area contributed by atoms with Crippen molar-refractivity contribution in [2.45, 2.75) is 25.7 Å². The number of hydrogen-bond donors (Lipinski definition) is 1. The Balaban J connectivity index is 1.40. The van der Waals surface area contributed by atoms with Gasteiger partial charge in [0, 0.05) is 16.0 Å². The van der Waals surface area contributed by atoms with Gasteiger partial charge in [-0.2, -0.15) is 13.2 Å². The molecular weight excluding hydrogens is 616 g/mol. The molecule has 3 aromatic heterocycles. The molecule has 0 aliphatic heterocycles. The zero-order chi connectivity index (χ0) is 31.9. The first-order valence-electron chi connectivity index (χ1n) is 13.3. The molecule has 0 atom stereocenters. The number of ketones is 1. The summed E-state index contributed by atoms with van der Waals surface area (Å²) in [5, 5.41) is 3.62. The van der Waals surface area contributed by atoms with E-state index in [2.05, 4.69) is 14.7 Å². The first kappa shape index (κ1) is 29.7. The summed E-state index contributed by atoms with van der Waals surface area (Å²) < 4.78 is 59.6. The molecule has 0 bridgehead atoms. The molecule has 14 heteroatoms. The molecule has 0 amide bonds. The maximum absolute atomic E-state index is 13.7. The van der Waals surface area contributed by atoms with Crippen molar-refractivity contribution in [3.8, 4) is 22.5 Å². The van der Waals surface area contributed by atoms with E-state index in [9.17, 15) is 36.7 Å². The van der Waals surface area contributed by atoms with Crippen molar-refractivity contribution in [3.05, 3.63) is 132 Å². The number of alkyl halides is 3. The van der Waals surface area contributed by atoms with Gasteiger partial charge < -0.3 is 0 Å². The van der Waals surface area contributed by atoms with E-state index in [-0.39, 0.29) is 33.0 Å². The second-order valence-electron chi connectivity index (χ2n) is 10.1. The maximum Gasteiger partial charge on any atom is 0.439 e. The number of nitrogens with one attached hydrogen (secondary N) is 1. The summed E-state index contributed by atoms with van der Waals surface area (Å²) in [6, 6.07) is 19.7. The summed E-state index contributed by atoms with van der Waals surface area (Å²) in [7, 11) is 0. The van der Waals surface area contributed by atoms with Gasteiger partial charge in [-0.25, -0.2) is 14.0 Å². The van der Waals surface area contributed by atoms with Gasteiger partial charge in [-0.15, -0.1) is 11.3 Å². The number of thiophene rings is 1. The SMILES string of the molecule is O=C(Cn1c(=O)c2cc(CC(F)(F)F)sc2n(Cc2ccc(-c3ccccc3-c3noc(=O)[nH]3)cc2)c1=O)c1ccc(F)cc1. The van der Waals surface area contributed by atoms with Crippen LogP contribution in [-0.2, 0) is 19.5 Å². The highest BCUT2D eigenvalue weighted by Gasteiger charge is 2.30. The number of aromatic nitrogens is 4. The third kappa shape index (κ3) is 6.17. The molecule has 3 aromatic carbocycles. The molecule has 6 aromatic rings. The lowest BCUT2D eigenvalue weighted by Gasteiger charge is -2.13. The van der Waals surface area contributed by atoms with Crippen LogP contribution in [0.4, 0.5) is 17.6 Å². The number of rotatable bonds is 8. The summed E-state index contributed by atoms with van der Waals surface area (Å²) in [4.78, 5) is 53.8. The van der Waals surface area contributed by atoms with Gasteiger partial charge in [-0.3, -0.25) is 28.2 Å². The number of carbonyl (C=O) groups excluding carboxylic acids is 1. The summed E-state index contributed by atoms with van der Waals surface area (Å²) >= 11 is 0.684. The van der Waals surface area contributed by atoms with Crippen molar-refractivity contribution in [1.82, 2.24) is 19.3 Å². The van der Waals surface area contributed by atoms with E-state index < -0.39 is 47.7 Å². The Bertz CT molecular complexity index is 2230. The molecule has 0 saturated heterocycles. The van der Waals surface area contributed by atoms with Crippen LogP contribution in [0.2, 0.25) is 0 Å². The predicted octanol–water partition coefficient (Wildman–Crippen LogP) is 5.41. The number of Topliss-reactive ketones (excluding diaryl/α,β-unsaturated/α-hetero) is 1. The molecule has 9 nitrogen and oxygen atoms in total. The second-order valence-corrected chi connectivity index (χ2v) is 11.2. The molecule has 0 saturated carbocycles. The molecule has 0 fully saturated rings. The molecule has 0 radical (unpaired) electrons. The molecule has 3 heterocycles. The van der Waals surface area contributed by atoms with Crippen molar-refractivity contribution in [2.75, 3.05) is 0 Å². The standard InChI is InChI=1S/C31H20F4N4O5S/c32-20-11-9-19(10-12-20)25(40)16-38-27(41)24-13-21(14-31(33,34)35)45-28(24)39(30(38)43)15-17-5-7-18(8-6-17)22-3-1-2-4-23(22)26-36-29(42)44-37-26/h1-13H,14-16H2,(H,36,37,42). The van der Waals surface area contributed by atoms with Gasteiger partial charge in [0.15, 0.2) is 11.6 Å². The Morgan fingerprint density at radius 3 is 2.24 bits per heavy atom. The van der Waals surface area contributed by atoms with Crippen molar-refractivity contribution in [1.29, 1.82) is 0 Å². The van der Waals surface area contributed by atoms with Crippen LogP contribution in [0, 0.1) is 5.82 Å². The van der Waals surface area contributed by atoms with Crippen molar-refractivity contribution >= 4 is 27.3 Å². The summed E-state index contributed by atoms with van der Waals surface area (Å²) in [6.07, 6.45) is -5.84. The zero-order valence-corrected chi connectivity index (χ0v) is 23.7. The number of aromatic amines is 1. The Kier molecular flexibility index (Phi) is 7.66. The quantitative estimate of drug-likeness (QED) is 0.176. The number of halogens is 4. The van der Waals surface area contributed by atoms with E-state index in [4.69, 9.17) is 0 Å². The van der Waals surface area contributed by atoms with Crippen LogP contribution in [0.15, 0.2) is 97.8 Å². The predicted molar refractivity (Wildman–Crippen MR) is 158 cm³/mol. The van der Waals surface area contributed by atoms with Crippen molar-refractivity contribution < 1.29 is 26.9 Å². The largest absolute Gasteiger partial charge is 0.439 e. The van der Waals surface area contributed by atoms with Gasteiger partial charge >= 0.3 is 17.6 Å². The first-order chi connectivity index (χ1) is 21.5. The fraction of sp³-hybridized carbons (Fsp3) is 0.129. The topological polar surface area (TPSA) is 120 Å². The number of H-pyrrole nitrogens is 1. The Hall–Kier alpha value is -5.37. The lowest BCUT2D eigenvalue weighted by Crippen LogP contribution is -2.41. The lowest BCUT2D eigenvalue weighted by molar-refractivity contribution is -0.126. The normalized spacial score (nSPS) is 11.7. The molecular formula is C31H20F4N4O5S. The average molecular weight is 637 g/mol. The molecule has 1 N–H and O–H groups in total. The molecule has 0 spiro atoms. The number of fused-ring (bicyclic) bond motifs is 1. The van der Waals surface area contributed by atoms with E-state index in [1.54, 1.807) is 42.5 Å². The highest BCUT2D eigenvalue weighted by atomic mass is 32.1. The number of benzene rings is 3. The average Bonchev–Trinajstić information content (AvgIpc) is 3.63. The van der Waals surface area contributed by atoms with Crippen LogP contribution in [0.1, 0.15) is 20.8 Å². The smallest absolute Gasteiger partial charge is 0.296 e. The second kappa shape index (κ2) is 11.6. The monoisotopic (exact) mass is 636 g/mol. The van der Waals surface area contributed by atoms with Crippen LogP contribution >= 0.6 is 11.3 Å². The van der Waals surface area contributed by atoms with Crippen molar-refractivity contribution in [3.63, 3.8) is 0 Å². The van der Waals surface area contributed by atoms with Crippen LogP contribution in [0.5, 0.6) is 0 Å².